The number of alkyl halides is 2. The minimum absolute atomic E-state index is 0.0985. The largest absolute Gasteiger partial charge is 0.490 e. The molecule has 0 spiro atoms. The molecule has 0 aromatic heterocycles. The number of nitrogens with zero attached hydrogens (tertiary/aromatic N) is 1. The van der Waals surface area contributed by atoms with Crippen LogP contribution in [0.2, 0.25) is 0 Å². The van der Waals surface area contributed by atoms with Crippen LogP contribution >= 0.6 is 0 Å². The molecule has 1 aromatic rings. The molecule has 0 bridgehead atoms. The highest BCUT2D eigenvalue weighted by Gasteiger charge is 2.19. The minimum Gasteiger partial charge on any atom is -0.490 e. The maximum Gasteiger partial charge on any atom is 0.387 e. The van der Waals surface area contributed by atoms with E-state index in [9.17, 15) is 8.78 Å². The number of hydrogen-bond donors (Lipinski definition) is 1. The first-order valence-electron chi connectivity index (χ1n) is 8.69. The van der Waals surface area contributed by atoms with E-state index in [0.717, 1.165) is 37.7 Å². The van der Waals surface area contributed by atoms with Gasteiger partial charge < -0.3 is 14.8 Å². The fourth-order valence-electron chi connectivity index (χ4n) is 3.15. The van der Waals surface area contributed by atoms with Crippen LogP contribution in [0.4, 0.5) is 8.78 Å². The first-order chi connectivity index (χ1) is 11.6. The van der Waals surface area contributed by atoms with E-state index in [1.165, 1.54) is 19.3 Å². The Morgan fingerprint density at radius 1 is 1.25 bits per heavy atom. The normalized spacial score (nSPS) is 16.5. The molecule has 1 saturated heterocycles. The first kappa shape index (κ1) is 18.9. The van der Waals surface area contributed by atoms with Crippen LogP contribution in [-0.4, -0.2) is 44.8 Å². The van der Waals surface area contributed by atoms with Crippen molar-refractivity contribution in [2.24, 2.45) is 5.92 Å². The molecular weight excluding hydrogens is 314 g/mol. The zero-order valence-electron chi connectivity index (χ0n) is 14.6. The lowest BCUT2D eigenvalue weighted by Crippen LogP contribution is -2.34. The zero-order chi connectivity index (χ0) is 17.4. The van der Waals surface area contributed by atoms with Gasteiger partial charge in [-0.15, -0.1) is 0 Å². The molecule has 0 aliphatic carbocycles. The molecule has 0 atom stereocenters. The third-order valence-electron chi connectivity index (χ3n) is 4.44. The van der Waals surface area contributed by atoms with Crippen molar-refractivity contribution in [1.29, 1.82) is 0 Å². The molecule has 24 heavy (non-hydrogen) atoms. The summed E-state index contributed by atoms with van der Waals surface area (Å²) in [4.78, 5) is 2.41. The van der Waals surface area contributed by atoms with Gasteiger partial charge in [-0.05, 0) is 76.5 Å². The zero-order valence-corrected chi connectivity index (χ0v) is 14.6. The second-order valence-electron chi connectivity index (χ2n) is 6.20. The van der Waals surface area contributed by atoms with Crippen LogP contribution < -0.4 is 14.8 Å². The van der Waals surface area contributed by atoms with Crippen molar-refractivity contribution < 1.29 is 18.3 Å². The van der Waals surface area contributed by atoms with Crippen LogP contribution in [0.3, 0.4) is 0 Å². The molecule has 136 valence electrons. The topological polar surface area (TPSA) is 33.7 Å². The van der Waals surface area contributed by atoms with E-state index in [1.54, 1.807) is 6.07 Å². The summed E-state index contributed by atoms with van der Waals surface area (Å²) in [6.45, 7) is 3.45. The summed E-state index contributed by atoms with van der Waals surface area (Å²) in [5.41, 5.74) is 1.06. The van der Waals surface area contributed by atoms with Crippen molar-refractivity contribution >= 4 is 0 Å². The number of benzene rings is 1. The summed E-state index contributed by atoms with van der Waals surface area (Å²) in [6, 6.07) is 5.23. The van der Waals surface area contributed by atoms with Gasteiger partial charge in [-0.1, -0.05) is 6.07 Å². The molecule has 0 amide bonds. The molecule has 1 heterocycles. The summed E-state index contributed by atoms with van der Waals surface area (Å²) in [5.74, 6) is 1.29. The number of halogens is 2. The Kier molecular flexibility index (Phi) is 7.72. The molecule has 0 radical (unpaired) electrons. The Hall–Kier alpha value is -1.40. The molecule has 4 nitrogen and oxygen atoms in total. The smallest absolute Gasteiger partial charge is 0.387 e. The minimum atomic E-state index is -2.84. The van der Waals surface area contributed by atoms with Crippen LogP contribution in [0, 0.1) is 5.92 Å². The summed E-state index contributed by atoms with van der Waals surface area (Å²) >= 11 is 0. The van der Waals surface area contributed by atoms with E-state index < -0.39 is 6.61 Å². The standard InChI is InChI=1S/C18H28F2N2O2/c1-3-23-17-12-15(4-5-16(17)24-18(19)20)13-22-10-7-14(8-11-22)6-9-21-2/h4-5,12,14,18,21H,3,6-11,13H2,1-2H3. The fraction of sp³-hybridized carbons (Fsp3) is 0.667. The summed E-state index contributed by atoms with van der Waals surface area (Å²) in [6.07, 6.45) is 3.66. The molecule has 2 rings (SSSR count). The average Bonchev–Trinajstić information content (AvgIpc) is 2.56. The van der Waals surface area contributed by atoms with E-state index in [4.69, 9.17) is 4.74 Å². The van der Waals surface area contributed by atoms with E-state index in [1.807, 2.05) is 26.1 Å². The lowest BCUT2D eigenvalue weighted by Gasteiger charge is -2.32. The third-order valence-corrected chi connectivity index (χ3v) is 4.44. The Morgan fingerprint density at radius 3 is 2.62 bits per heavy atom. The van der Waals surface area contributed by atoms with Crippen molar-refractivity contribution in [3.8, 4) is 11.5 Å². The Balaban J connectivity index is 1.91. The maximum absolute atomic E-state index is 12.4. The Morgan fingerprint density at radius 2 is 2.00 bits per heavy atom. The number of likely N-dealkylation sites (tertiary alicyclic amines) is 1. The predicted molar refractivity (Wildman–Crippen MR) is 90.8 cm³/mol. The number of hydrogen-bond acceptors (Lipinski definition) is 4. The van der Waals surface area contributed by atoms with Crippen molar-refractivity contribution in [3.63, 3.8) is 0 Å². The van der Waals surface area contributed by atoms with Gasteiger partial charge in [-0.25, -0.2) is 0 Å². The number of rotatable bonds is 9. The highest BCUT2D eigenvalue weighted by Crippen LogP contribution is 2.31. The third kappa shape index (κ3) is 5.91. The van der Waals surface area contributed by atoms with E-state index >= 15 is 0 Å². The summed E-state index contributed by atoms with van der Waals surface area (Å²) < 4.78 is 34.9. The van der Waals surface area contributed by atoms with Gasteiger partial charge in [-0.2, -0.15) is 8.78 Å². The average molecular weight is 342 g/mol. The fourth-order valence-corrected chi connectivity index (χ4v) is 3.15. The van der Waals surface area contributed by atoms with Gasteiger partial charge in [-0.3, -0.25) is 4.90 Å². The molecule has 0 unspecified atom stereocenters. The monoisotopic (exact) mass is 342 g/mol. The van der Waals surface area contributed by atoms with Crippen molar-refractivity contribution in [2.45, 2.75) is 39.3 Å². The maximum atomic E-state index is 12.4. The SMILES string of the molecule is CCOc1cc(CN2CCC(CCNC)CC2)ccc1OC(F)F. The van der Waals surface area contributed by atoms with Gasteiger partial charge in [0.05, 0.1) is 6.61 Å². The van der Waals surface area contributed by atoms with Gasteiger partial charge in [0.15, 0.2) is 11.5 Å². The van der Waals surface area contributed by atoms with Crippen molar-refractivity contribution in [2.75, 3.05) is 33.3 Å². The first-order valence-corrected chi connectivity index (χ1v) is 8.69. The Labute approximate surface area is 143 Å². The van der Waals surface area contributed by atoms with Gasteiger partial charge in [0.2, 0.25) is 0 Å². The lowest BCUT2D eigenvalue weighted by atomic mass is 9.93. The molecule has 1 aromatic carbocycles. The van der Waals surface area contributed by atoms with Gasteiger partial charge in [0.1, 0.15) is 0 Å². The highest BCUT2D eigenvalue weighted by atomic mass is 19.3. The van der Waals surface area contributed by atoms with Crippen LogP contribution in [0.25, 0.3) is 0 Å². The molecule has 1 N–H and O–H groups in total. The van der Waals surface area contributed by atoms with Crippen LogP contribution in [0.5, 0.6) is 11.5 Å². The van der Waals surface area contributed by atoms with E-state index in [0.29, 0.717) is 12.4 Å². The second-order valence-corrected chi connectivity index (χ2v) is 6.20. The molecule has 1 aliphatic rings. The van der Waals surface area contributed by atoms with Crippen molar-refractivity contribution in [3.05, 3.63) is 23.8 Å². The molecule has 0 saturated carbocycles. The van der Waals surface area contributed by atoms with E-state index in [2.05, 4.69) is 15.0 Å². The summed E-state index contributed by atoms with van der Waals surface area (Å²) in [7, 11) is 1.99. The number of nitrogens with one attached hydrogen (secondary N) is 1. The summed E-state index contributed by atoms with van der Waals surface area (Å²) in [5, 5.41) is 3.21. The predicted octanol–water partition coefficient (Wildman–Crippen LogP) is 3.51. The lowest BCUT2D eigenvalue weighted by molar-refractivity contribution is -0.0514. The quantitative estimate of drug-likeness (QED) is 0.745. The van der Waals surface area contributed by atoms with Crippen LogP contribution in [-0.2, 0) is 6.54 Å². The van der Waals surface area contributed by atoms with E-state index in [-0.39, 0.29) is 5.75 Å². The van der Waals surface area contributed by atoms with Crippen LogP contribution in [0.15, 0.2) is 18.2 Å². The van der Waals surface area contributed by atoms with Crippen molar-refractivity contribution in [1.82, 2.24) is 10.2 Å². The Bertz CT molecular complexity index is 492. The van der Waals surface area contributed by atoms with Gasteiger partial charge in [0.25, 0.3) is 0 Å². The number of piperidine rings is 1. The molecule has 1 aliphatic heterocycles. The number of ether oxygens (including phenoxy) is 2. The highest BCUT2D eigenvalue weighted by molar-refractivity contribution is 5.43. The molecule has 1 fully saturated rings. The molecular formula is C18H28F2N2O2. The second kappa shape index (κ2) is 9.79. The van der Waals surface area contributed by atoms with Gasteiger partial charge in [0, 0.05) is 6.54 Å². The van der Waals surface area contributed by atoms with Crippen LogP contribution in [0.1, 0.15) is 31.7 Å². The molecule has 6 heteroatoms. The van der Waals surface area contributed by atoms with Gasteiger partial charge >= 0.3 is 6.61 Å².